The fourth-order valence-corrected chi connectivity index (χ4v) is 3.54. The van der Waals surface area contributed by atoms with Gasteiger partial charge in [0.1, 0.15) is 0 Å². The molecule has 0 aromatic carbocycles. The highest BCUT2D eigenvalue weighted by molar-refractivity contribution is 5.87. The predicted molar refractivity (Wildman–Crippen MR) is 108 cm³/mol. The number of hydrogen-bond acceptors (Lipinski definition) is 3. The first-order chi connectivity index (χ1) is 12.0. The number of likely N-dealkylation sites (tertiary alicyclic amines) is 2. The summed E-state index contributed by atoms with van der Waals surface area (Å²) < 4.78 is 0. The van der Waals surface area contributed by atoms with Crippen LogP contribution in [0.1, 0.15) is 40.5 Å². The second-order valence-corrected chi connectivity index (χ2v) is 6.53. The number of carbonyl (C=O) groups excluding carboxylic acids is 1. The van der Waals surface area contributed by atoms with E-state index in [-0.39, 0.29) is 11.3 Å². The van der Waals surface area contributed by atoms with Crippen LogP contribution in [0, 0.1) is 5.41 Å². The van der Waals surface area contributed by atoms with Gasteiger partial charge in [0.25, 0.3) is 0 Å². The van der Waals surface area contributed by atoms with Crippen molar-refractivity contribution in [1.29, 1.82) is 0 Å². The summed E-state index contributed by atoms with van der Waals surface area (Å²) in [7, 11) is 0. The molecule has 0 aromatic heterocycles. The Kier molecular flexibility index (Phi) is 7.88. The minimum Gasteiger partial charge on any atom is -0.369 e. The zero-order chi connectivity index (χ0) is 19.0. The molecule has 4 heteroatoms. The summed E-state index contributed by atoms with van der Waals surface area (Å²) in [5.74, 6) is 0.0398. The number of nitrogens with zero attached hydrogens (tertiary/aromatic N) is 3. The first-order valence-electron chi connectivity index (χ1n) is 9.11. The molecule has 1 atom stereocenters. The Morgan fingerprint density at radius 1 is 1.16 bits per heavy atom. The standard InChI is InChI=1S/C19H27N3O.C2H6/c1-6-15(3)16(4)17(12-20-5)21-10-8-19(13-21)9-11-22(14-19)18(23)7-2;1-2/h6-7,12H,2,4-5,8-11,13-14H2,1,3H3;1-2H3/b15-6+,17-12+;. The monoisotopic (exact) mass is 343 g/mol. The Hall–Kier alpha value is -2.10. The van der Waals surface area contributed by atoms with Crippen LogP contribution in [-0.2, 0) is 4.79 Å². The Balaban J connectivity index is 0.00000151. The number of aliphatic imine (C=N–C) groups is 1. The highest BCUT2D eigenvalue weighted by atomic mass is 16.2. The van der Waals surface area contributed by atoms with Crippen LogP contribution in [0.2, 0.25) is 0 Å². The maximum absolute atomic E-state index is 11.8. The molecule has 2 fully saturated rings. The van der Waals surface area contributed by atoms with E-state index in [2.05, 4.69) is 42.8 Å². The van der Waals surface area contributed by atoms with Gasteiger partial charge in [-0.3, -0.25) is 9.79 Å². The number of rotatable bonds is 5. The average molecular weight is 344 g/mol. The summed E-state index contributed by atoms with van der Waals surface area (Å²) in [6.45, 7) is 23.0. The van der Waals surface area contributed by atoms with Gasteiger partial charge in [0, 0.05) is 31.6 Å². The van der Waals surface area contributed by atoms with E-state index >= 15 is 0 Å². The normalized spacial score (nSPS) is 23.4. The molecule has 4 nitrogen and oxygen atoms in total. The van der Waals surface area contributed by atoms with E-state index in [1.54, 1.807) is 6.20 Å². The molecule has 0 aliphatic carbocycles. The van der Waals surface area contributed by atoms with Gasteiger partial charge in [0.05, 0.1) is 11.9 Å². The third kappa shape index (κ3) is 4.71. The zero-order valence-corrected chi connectivity index (χ0v) is 16.3. The van der Waals surface area contributed by atoms with E-state index in [9.17, 15) is 4.79 Å². The smallest absolute Gasteiger partial charge is 0.245 e. The topological polar surface area (TPSA) is 35.9 Å². The van der Waals surface area contributed by atoms with Gasteiger partial charge >= 0.3 is 0 Å². The van der Waals surface area contributed by atoms with Crippen molar-refractivity contribution in [2.75, 3.05) is 26.2 Å². The van der Waals surface area contributed by atoms with Gasteiger partial charge in [-0.05, 0) is 50.6 Å². The maximum atomic E-state index is 11.8. The molecule has 0 radical (unpaired) electrons. The first-order valence-corrected chi connectivity index (χ1v) is 9.11. The minimum atomic E-state index is 0.0398. The molecular formula is C21H33N3O. The van der Waals surface area contributed by atoms with Crippen LogP contribution >= 0.6 is 0 Å². The summed E-state index contributed by atoms with van der Waals surface area (Å²) >= 11 is 0. The van der Waals surface area contributed by atoms with Crippen LogP contribution in [0.15, 0.2) is 53.3 Å². The lowest BCUT2D eigenvalue weighted by Crippen LogP contribution is -2.33. The lowest BCUT2D eigenvalue weighted by atomic mass is 9.86. The molecule has 2 aliphatic rings. The van der Waals surface area contributed by atoms with E-state index < -0.39 is 0 Å². The number of amides is 1. The third-order valence-corrected chi connectivity index (χ3v) is 5.14. The second-order valence-electron chi connectivity index (χ2n) is 6.53. The highest BCUT2D eigenvalue weighted by Gasteiger charge is 2.44. The molecule has 0 aromatic rings. The molecule has 25 heavy (non-hydrogen) atoms. The zero-order valence-electron chi connectivity index (χ0n) is 16.3. The van der Waals surface area contributed by atoms with Crippen LogP contribution in [0.4, 0.5) is 0 Å². The van der Waals surface area contributed by atoms with Crippen LogP contribution in [0.5, 0.6) is 0 Å². The van der Waals surface area contributed by atoms with Crippen LogP contribution in [0.3, 0.4) is 0 Å². The van der Waals surface area contributed by atoms with E-state index in [1.165, 1.54) is 6.08 Å². The third-order valence-electron chi connectivity index (χ3n) is 5.14. The Morgan fingerprint density at radius 2 is 1.72 bits per heavy atom. The van der Waals surface area contributed by atoms with Crippen molar-refractivity contribution in [1.82, 2.24) is 9.80 Å². The summed E-state index contributed by atoms with van der Waals surface area (Å²) in [5, 5.41) is 0. The molecule has 0 saturated carbocycles. The Morgan fingerprint density at radius 3 is 2.24 bits per heavy atom. The van der Waals surface area contributed by atoms with Crippen molar-refractivity contribution >= 4 is 12.6 Å². The Labute approximate surface area is 153 Å². The molecule has 1 spiro atoms. The average Bonchev–Trinajstić information content (AvgIpc) is 3.26. The van der Waals surface area contributed by atoms with Crippen molar-refractivity contribution in [2.45, 2.75) is 40.5 Å². The lowest BCUT2D eigenvalue weighted by molar-refractivity contribution is -0.125. The molecule has 2 rings (SSSR count). The van der Waals surface area contributed by atoms with Crippen molar-refractivity contribution in [3.05, 3.63) is 48.4 Å². The van der Waals surface area contributed by atoms with Gasteiger partial charge in [-0.15, -0.1) is 0 Å². The molecule has 1 amide bonds. The number of carbonyl (C=O) groups is 1. The Bertz CT molecular complexity index is 588. The summed E-state index contributed by atoms with van der Waals surface area (Å²) in [6.07, 6.45) is 7.41. The molecule has 0 N–H and O–H groups in total. The number of hydrogen-bond donors (Lipinski definition) is 0. The summed E-state index contributed by atoms with van der Waals surface area (Å²) in [4.78, 5) is 20.1. The molecule has 1 unspecified atom stereocenters. The van der Waals surface area contributed by atoms with Gasteiger partial charge in [-0.1, -0.05) is 33.1 Å². The van der Waals surface area contributed by atoms with Gasteiger partial charge < -0.3 is 9.80 Å². The summed E-state index contributed by atoms with van der Waals surface area (Å²) in [5.41, 5.74) is 3.37. The van der Waals surface area contributed by atoms with Crippen molar-refractivity contribution in [3.63, 3.8) is 0 Å². The van der Waals surface area contributed by atoms with Crippen LogP contribution in [-0.4, -0.2) is 48.6 Å². The molecule has 2 saturated heterocycles. The SMILES string of the molecule is C=CC(=O)N1CCC2(CCN(/C(=C/N=C)C(=C)/C(C)=C/C)C2)C1.CC. The van der Waals surface area contributed by atoms with Crippen molar-refractivity contribution < 1.29 is 4.79 Å². The maximum Gasteiger partial charge on any atom is 0.245 e. The van der Waals surface area contributed by atoms with E-state index in [0.717, 1.165) is 55.9 Å². The fourth-order valence-electron chi connectivity index (χ4n) is 3.54. The molecule has 2 aliphatic heterocycles. The molecule has 0 bridgehead atoms. The molecule has 138 valence electrons. The quantitative estimate of drug-likeness (QED) is 0.426. The first kappa shape index (κ1) is 20.9. The van der Waals surface area contributed by atoms with Gasteiger partial charge in [-0.2, -0.15) is 0 Å². The van der Waals surface area contributed by atoms with E-state index in [1.807, 2.05) is 25.7 Å². The summed E-state index contributed by atoms with van der Waals surface area (Å²) in [6, 6.07) is 0. The van der Waals surface area contributed by atoms with E-state index in [4.69, 9.17) is 0 Å². The molecular weight excluding hydrogens is 310 g/mol. The highest BCUT2D eigenvalue weighted by Crippen LogP contribution is 2.42. The molecule has 2 heterocycles. The number of allylic oxidation sites excluding steroid dienone is 2. The second kappa shape index (κ2) is 9.40. The van der Waals surface area contributed by atoms with Crippen LogP contribution in [0.25, 0.3) is 0 Å². The minimum absolute atomic E-state index is 0.0398. The van der Waals surface area contributed by atoms with Crippen molar-refractivity contribution in [3.8, 4) is 0 Å². The van der Waals surface area contributed by atoms with Crippen molar-refractivity contribution in [2.24, 2.45) is 10.4 Å². The van der Waals surface area contributed by atoms with Gasteiger partial charge in [0.2, 0.25) is 5.91 Å². The van der Waals surface area contributed by atoms with Gasteiger partial charge in [0.15, 0.2) is 0 Å². The largest absolute Gasteiger partial charge is 0.369 e. The predicted octanol–water partition coefficient (Wildman–Crippen LogP) is 4.19. The fraction of sp³-hybridized carbons (Fsp3) is 0.524. The van der Waals surface area contributed by atoms with Gasteiger partial charge in [-0.25, -0.2) is 0 Å². The lowest BCUT2D eigenvalue weighted by Gasteiger charge is -2.27. The van der Waals surface area contributed by atoms with E-state index in [0.29, 0.717) is 0 Å². The van der Waals surface area contributed by atoms with Crippen LogP contribution < -0.4 is 0 Å².